The van der Waals surface area contributed by atoms with Crippen LogP contribution in [0.2, 0.25) is 0 Å². The van der Waals surface area contributed by atoms with E-state index in [-0.39, 0.29) is 0 Å². The highest BCUT2D eigenvalue weighted by Crippen LogP contribution is 2.52. The largest absolute Gasteiger partial charge is 0.208 e. The van der Waals surface area contributed by atoms with Gasteiger partial charge in [0.1, 0.15) is 0 Å². The van der Waals surface area contributed by atoms with Gasteiger partial charge in [-0.25, -0.2) is 15.0 Å². The molecule has 9 aromatic carbocycles. The van der Waals surface area contributed by atoms with E-state index in [2.05, 4.69) is 176 Å². The van der Waals surface area contributed by atoms with Crippen LogP contribution in [0, 0.1) is 11.3 Å². The fraction of sp³-hybridized carbons (Fsp3) is 0. The number of nitrogens with zero attached hydrogens (tertiary/aromatic N) is 4. The lowest BCUT2D eigenvalue weighted by Crippen LogP contribution is -2.00. The summed E-state index contributed by atoms with van der Waals surface area (Å²) in [6.45, 7) is 0. The second-order valence-electron chi connectivity index (χ2n) is 14.3. The van der Waals surface area contributed by atoms with Gasteiger partial charge in [-0.3, -0.25) is 0 Å². The lowest BCUT2D eigenvalue weighted by molar-refractivity contribution is 1.08. The molecule has 0 bridgehead atoms. The lowest BCUT2D eigenvalue weighted by atomic mass is 9.88. The van der Waals surface area contributed by atoms with Crippen molar-refractivity contribution in [2.75, 3.05) is 0 Å². The van der Waals surface area contributed by atoms with Crippen molar-refractivity contribution >= 4 is 32.3 Å². The smallest absolute Gasteiger partial charge is 0.164 e. The van der Waals surface area contributed by atoms with Gasteiger partial charge in [0.25, 0.3) is 0 Å². The predicted molar refractivity (Wildman–Crippen MR) is 229 cm³/mol. The second kappa shape index (κ2) is 12.7. The molecule has 0 aliphatic heterocycles. The van der Waals surface area contributed by atoms with Gasteiger partial charge in [-0.05, 0) is 101 Å². The number of nitriles is 1. The zero-order chi connectivity index (χ0) is 37.2. The average Bonchev–Trinajstić information content (AvgIpc) is 3.60. The van der Waals surface area contributed by atoms with Gasteiger partial charge < -0.3 is 0 Å². The molecule has 0 amide bonds. The Labute approximate surface area is 323 Å². The molecule has 1 aliphatic carbocycles. The summed E-state index contributed by atoms with van der Waals surface area (Å²) in [7, 11) is 0. The predicted octanol–water partition coefficient (Wildman–Crippen LogP) is 13.2. The van der Waals surface area contributed by atoms with Gasteiger partial charge in [-0.15, -0.1) is 0 Å². The maximum absolute atomic E-state index is 9.51. The number of hydrogen-bond donors (Lipinski definition) is 0. The molecular weight excluding hydrogens is 681 g/mol. The SMILES string of the molecule is N#Cc1ccc(-c2ccc3c4c(ccc(-c5ccc(-c6nc(-c7ccc8ccccc8c7)nc(-c7ccc8ccccc8c7)n6)cc5)c24)-c2ccccc2-3)cc1. The molecule has 0 fully saturated rings. The van der Waals surface area contributed by atoms with Crippen LogP contribution >= 0.6 is 0 Å². The minimum absolute atomic E-state index is 0.618. The van der Waals surface area contributed by atoms with E-state index in [1.54, 1.807) is 0 Å². The van der Waals surface area contributed by atoms with Crippen molar-refractivity contribution in [3.05, 3.63) is 188 Å². The Balaban J connectivity index is 1.07. The van der Waals surface area contributed by atoms with Crippen LogP contribution in [0.25, 0.3) is 111 Å². The molecule has 0 spiro atoms. The van der Waals surface area contributed by atoms with Crippen LogP contribution in [0.3, 0.4) is 0 Å². The summed E-state index contributed by atoms with van der Waals surface area (Å²) in [6.07, 6.45) is 0. The molecule has 4 heteroatoms. The third kappa shape index (κ3) is 5.18. The standard InChI is InChI=1S/C52H30N4/c53-31-32-13-15-35(16-14-32)42-25-27-46-44-11-5-6-12-45(44)47-28-26-43(48(42)49(46)47)36-19-21-37(22-20-36)50-54-51(40-23-17-33-7-1-3-9-38(33)29-40)56-52(55-50)41-24-18-34-8-2-4-10-39(34)30-41/h1-30H. The third-order valence-corrected chi connectivity index (χ3v) is 11.1. The minimum Gasteiger partial charge on any atom is -0.208 e. The van der Waals surface area contributed by atoms with Gasteiger partial charge in [-0.2, -0.15) is 5.26 Å². The van der Waals surface area contributed by atoms with Crippen LogP contribution in [0.4, 0.5) is 0 Å². The van der Waals surface area contributed by atoms with E-state index in [4.69, 9.17) is 15.0 Å². The van der Waals surface area contributed by atoms with Crippen molar-refractivity contribution in [3.8, 4) is 84.7 Å². The molecule has 0 N–H and O–H groups in total. The van der Waals surface area contributed by atoms with Crippen LogP contribution in [0.1, 0.15) is 5.56 Å². The van der Waals surface area contributed by atoms with E-state index in [1.807, 2.05) is 12.1 Å². The van der Waals surface area contributed by atoms with Crippen molar-refractivity contribution in [3.63, 3.8) is 0 Å². The Morgan fingerprint density at radius 3 is 1.18 bits per heavy atom. The Morgan fingerprint density at radius 2 is 0.679 bits per heavy atom. The van der Waals surface area contributed by atoms with Crippen molar-refractivity contribution in [1.29, 1.82) is 5.26 Å². The second-order valence-corrected chi connectivity index (χ2v) is 14.3. The van der Waals surface area contributed by atoms with Gasteiger partial charge in [0.2, 0.25) is 0 Å². The first-order chi connectivity index (χ1) is 27.7. The molecule has 0 atom stereocenters. The zero-order valence-corrected chi connectivity index (χ0v) is 30.1. The van der Waals surface area contributed by atoms with Gasteiger partial charge >= 0.3 is 0 Å². The Hall–Kier alpha value is -7.74. The van der Waals surface area contributed by atoms with Crippen LogP contribution in [0.5, 0.6) is 0 Å². The van der Waals surface area contributed by atoms with Crippen molar-refractivity contribution in [2.45, 2.75) is 0 Å². The molecule has 10 aromatic rings. The summed E-state index contributed by atoms with van der Waals surface area (Å²) in [6, 6.07) is 65.9. The van der Waals surface area contributed by atoms with Gasteiger partial charge in [0.05, 0.1) is 11.6 Å². The number of benzene rings is 9. The van der Waals surface area contributed by atoms with Gasteiger partial charge in [0, 0.05) is 16.7 Å². The molecule has 4 nitrogen and oxygen atoms in total. The molecule has 0 radical (unpaired) electrons. The van der Waals surface area contributed by atoms with E-state index in [0.717, 1.165) is 49.7 Å². The highest BCUT2D eigenvalue weighted by atomic mass is 15.0. The zero-order valence-electron chi connectivity index (χ0n) is 30.1. The molecule has 56 heavy (non-hydrogen) atoms. The maximum atomic E-state index is 9.51. The van der Waals surface area contributed by atoms with E-state index >= 15 is 0 Å². The Kier molecular flexibility index (Phi) is 7.20. The molecule has 1 aliphatic rings. The normalized spacial score (nSPS) is 11.6. The number of aromatic nitrogens is 3. The Morgan fingerprint density at radius 1 is 0.304 bits per heavy atom. The van der Waals surface area contributed by atoms with E-state index in [0.29, 0.717) is 23.0 Å². The average molecular weight is 711 g/mol. The summed E-state index contributed by atoms with van der Waals surface area (Å²) in [4.78, 5) is 15.3. The fourth-order valence-electron chi connectivity index (χ4n) is 8.32. The summed E-state index contributed by atoms with van der Waals surface area (Å²) < 4.78 is 0. The highest BCUT2D eigenvalue weighted by Gasteiger charge is 2.25. The van der Waals surface area contributed by atoms with Crippen molar-refractivity contribution < 1.29 is 0 Å². The fourth-order valence-corrected chi connectivity index (χ4v) is 8.32. The molecule has 11 rings (SSSR count). The van der Waals surface area contributed by atoms with Gasteiger partial charge in [0.15, 0.2) is 17.5 Å². The molecule has 0 saturated heterocycles. The van der Waals surface area contributed by atoms with Crippen LogP contribution in [0.15, 0.2) is 182 Å². The number of fused-ring (bicyclic) bond motifs is 5. The van der Waals surface area contributed by atoms with E-state index < -0.39 is 0 Å². The molecule has 0 saturated carbocycles. The van der Waals surface area contributed by atoms with E-state index in [9.17, 15) is 5.26 Å². The molecule has 0 unspecified atom stereocenters. The van der Waals surface area contributed by atoms with Crippen molar-refractivity contribution in [1.82, 2.24) is 15.0 Å². The first kappa shape index (κ1) is 31.8. The molecule has 1 aromatic heterocycles. The van der Waals surface area contributed by atoms with E-state index in [1.165, 1.54) is 43.8 Å². The molecule has 258 valence electrons. The third-order valence-electron chi connectivity index (χ3n) is 11.1. The summed E-state index contributed by atoms with van der Waals surface area (Å²) >= 11 is 0. The summed E-state index contributed by atoms with van der Waals surface area (Å²) in [5, 5.41) is 16.6. The lowest BCUT2D eigenvalue weighted by Gasteiger charge is -2.15. The van der Waals surface area contributed by atoms with Crippen LogP contribution in [-0.2, 0) is 0 Å². The number of rotatable bonds is 5. The first-order valence-corrected chi connectivity index (χ1v) is 18.7. The molecule has 1 heterocycles. The van der Waals surface area contributed by atoms with Crippen LogP contribution in [-0.4, -0.2) is 15.0 Å². The summed E-state index contributed by atoms with van der Waals surface area (Å²) in [5.41, 5.74) is 12.9. The minimum atomic E-state index is 0.618. The van der Waals surface area contributed by atoms with Crippen molar-refractivity contribution in [2.24, 2.45) is 0 Å². The monoisotopic (exact) mass is 710 g/mol. The quantitative estimate of drug-likeness (QED) is 0.178. The Bertz CT molecular complexity index is 3120. The van der Waals surface area contributed by atoms with Gasteiger partial charge in [-0.1, -0.05) is 158 Å². The maximum Gasteiger partial charge on any atom is 0.164 e. The number of hydrogen-bond acceptors (Lipinski definition) is 4. The topological polar surface area (TPSA) is 62.5 Å². The summed E-state index contributed by atoms with van der Waals surface area (Å²) in [5.74, 6) is 1.88. The first-order valence-electron chi connectivity index (χ1n) is 18.7. The van der Waals surface area contributed by atoms with Crippen LogP contribution < -0.4 is 0 Å². The highest BCUT2D eigenvalue weighted by molar-refractivity contribution is 6.22. The molecular formula is C52H30N4.